The van der Waals surface area contributed by atoms with E-state index in [4.69, 9.17) is 11.6 Å². The fourth-order valence-corrected chi connectivity index (χ4v) is 3.27. The Kier molecular flexibility index (Phi) is 3.88. The fourth-order valence-electron chi connectivity index (χ4n) is 3.05. The van der Waals surface area contributed by atoms with Gasteiger partial charge in [0.05, 0.1) is 6.20 Å². The number of H-pyrrole nitrogens is 1. The molecule has 3 heteroatoms. The number of rotatable bonds is 2. The molecule has 0 spiro atoms. The monoisotopic (exact) mass is 274 g/mol. The van der Waals surface area contributed by atoms with Crippen molar-refractivity contribution in [2.45, 2.75) is 44.4 Å². The van der Waals surface area contributed by atoms with Crippen LogP contribution >= 0.6 is 11.6 Å². The molecule has 0 bridgehead atoms. The highest BCUT2D eigenvalue weighted by atomic mass is 35.5. The van der Waals surface area contributed by atoms with E-state index in [9.17, 15) is 0 Å². The molecule has 0 radical (unpaired) electrons. The van der Waals surface area contributed by atoms with Gasteiger partial charge >= 0.3 is 0 Å². The third-order valence-electron chi connectivity index (χ3n) is 4.03. The molecule has 0 saturated carbocycles. The molecule has 1 atom stereocenters. The van der Waals surface area contributed by atoms with Gasteiger partial charge in [-0.3, -0.25) is 5.10 Å². The number of hydrogen-bond acceptors (Lipinski definition) is 1. The molecule has 19 heavy (non-hydrogen) atoms. The molecule has 0 fully saturated rings. The Morgan fingerprint density at radius 1 is 1.26 bits per heavy atom. The van der Waals surface area contributed by atoms with Crippen LogP contribution in [-0.4, -0.2) is 10.2 Å². The highest BCUT2D eigenvalue weighted by molar-refractivity contribution is 6.30. The van der Waals surface area contributed by atoms with E-state index in [1.807, 2.05) is 18.3 Å². The number of fused-ring (bicyclic) bond motifs is 1. The van der Waals surface area contributed by atoms with Gasteiger partial charge in [0.25, 0.3) is 0 Å². The van der Waals surface area contributed by atoms with Crippen LogP contribution in [0.3, 0.4) is 0 Å². The van der Waals surface area contributed by atoms with Gasteiger partial charge in [-0.1, -0.05) is 36.6 Å². The molecule has 0 saturated heterocycles. The molecule has 1 aliphatic rings. The molecule has 100 valence electrons. The topological polar surface area (TPSA) is 28.7 Å². The zero-order valence-electron chi connectivity index (χ0n) is 11.0. The van der Waals surface area contributed by atoms with Gasteiger partial charge in [0, 0.05) is 16.6 Å². The summed E-state index contributed by atoms with van der Waals surface area (Å²) in [5.41, 5.74) is 4.07. The number of halogens is 1. The molecule has 1 heterocycles. The summed E-state index contributed by atoms with van der Waals surface area (Å²) in [4.78, 5) is 0. The van der Waals surface area contributed by atoms with Crippen LogP contribution in [0.5, 0.6) is 0 Å². The van der Waals surface area contributed by atoms with Crippen molar-refractivity contribution in [1.29, 1.82) is 0 Å². The first kappa shape index (κ1) is 12.7. The van der Waals surface area contributed by atoms with E-state index in [0.29, 0.717) is 5.92 Å². The van der Waals surface area contributed by atoms with Crippen molar-refractivity contribution in [3.05, 3.63) is 52.3 Å². The minimum atomic E-state index is 0.552. The van der Waals surface area contributed by atoms with Gasteiger partial charge < -0.3 is 0 Å². The summed E-state index contributed by atoms with van der Waals surface area (Å²) in [5.74, 6) is 0.552. The van der Waals surface area contributed by atoms with E-state index in [0.717, 1.165) is 17.9 Å². The maximum atomic E-state index is 6.08. The smallest absolute Gasteiger partial charge is 0.0522 e. The molecule has 1 aliphatic carbocycles. The van der Waals surface area contributed by atoms with Crippen LogP contribution in [0.1, 0.15) is 48.4 Å². The molecule has 2 aromatic rings. The van der Waals surface area contributed by atoms with Crippen LogP contribution in [0.2, 0.25) is 5.02 Å². The second-order valence-corrected chi connectivity index (χ2v) is 5.88. The Morgan fingerprint density at radius 2 is 2.21 bits per heavy atom. The van der Waals surface area contributed by atoms with Gasteiger partial charge in [-0.2, -0.15) is 5.10 Å². The summed E-state index contributed by atoms with van der Waals surface area (Å²) in [6.07, 6.45) is 9.39. The van der Waals surface area contributed by atoms with Gasteiger partial charge in [0.2, 0.25) is 0 Å². The van der Waals surface area contributed by atoms with E-state index >= 15 is 0 Å². The lowest BCUT2D eigenvalue weighted by Gasteiger charge is -2.20. The van der Waals surface area contributed by atoms with E-state index in [1.165, 1.54) is 42.5 Å². The molecule has 1 aromatic heterocycles. The van der Waals surface area contributed by atoms with Crippen LogP contribution in [0.25, 0.3) is 0 Å². The Morgan fingerprint density at radius 3 is 3.11 bits per heavy atom. The number of benzene rings is 1. The lowest BCUT2D eigenvalue weighted by atomic mass is 9.86. The zero-order chi connectivity index (χ0) is 13.1. The molecular weight excluding hydrogens is 256 g/mol. The van der Waals surface area contributed by atoms with Crippen LogP contribution < -0.4 is 0 Å². The number of nitrogens with one attached hydrogen (secondary N) is 1. The molecular formula is C16H19ClN2. The molecule has 3 rings (SSSR count). The highest BCUT2D eigenvalue weighted by Crippen LogP contribution is 2.31. The lowest BCUT2D eigenvalue weighted by Crippen LogP contribution is -2.09. The SMILES string of the molecule is Clc1cccc(CC2CCCCCc3cn[nH]c32)c1. The van der Waals surface area contributed by atoms with Gasteiger partial charge in [0.1, 0.15) is 0 Å². The Labute approximate surface area is 119 Å². The van der Waals surface area contributed by atoms with E-state index < -0.39 is 0 Å². The van der Waals surface area contributed by atoms with E-state index in [2.05, 4.69) is 22.3 Å². The number of nitrogens with zero attached hydrogens (tertiary/aromatic N) is 1. The fraction of sp³-hybridized carbons (Fsp3) is 0.438. The summed E-state index contributed by atoms with van der Waals surface area (Å²) in [6, 6.07) is 8.22. The van der Waals surface area contributed by atoms with Crippen molar-refractivity contribution in [2.75, 3.05) is 0 Å². The van der Waals surface area contributed by atoms with E-state index in [-0.39, 0.29) is 0 Å². The van der Waals surface area contributed by atoms with Crippen LogP contribution in [-0.2, 0) is 12.8 Å². The average Bonchev–Trinajstić information content (AvgIpc) is 2.82. The predicted octanol–water partition coefficient (Wildman–Crippen LogP) is 4.51. The van der Waals surface area contributed by atoms with Crippen LogP contribution in [0.4, 0.5) is 0 Å². The average molecular weight is 275 g/mol. The Bertz CT molecular complexity index is 547. The summed E-state index contributed by atoms with van der Waals surface area (Å²) in [7, 11) is 0. The number of hydrogen-bond donors (Lipinski definition) is 1. The molecule has 1 unspecified atom stereocenters. The van der Waals surface area contributed by atoms with Crippen LogP contribution in [0.15, 0.2) is 30.5 Å². The van der Waals surface area contributed by atoms with Crippen molar-refractivity contribution in [3.63, 3.8) is 0 Å². The summed E-state index contributed by atoms with van der Waals surface area (Å²) in [6.45, 7) is 0. The second kappa shape index (κ2) is 5.79. The largest absolute Gasteiger partial charge is 0.282 e. The van der Waals surface area contributed by atoms with Gasteiger partial charge in [-0.25, -0.2) is 0 Å². The van der Waals surface area contributed by atoms with Crippen molar-refractivity contribution in [2.24, 2.45) is 0 Å². The van der Waals surface area contributed by atoms with Gasteiger partial charge in [-0.15, -0.1) is 0 Å². The minimum absolute atomic E-state index is 0.552. The van der Waals surface area contributed by atoms with Gasteiger partial charge in [-0.05, 0) is 48.9 Å². The number of aromatic nitrogens is 2. The minimum Gasteiger partial charge on any atom is -0.282 e. The maximum Gasteiger partial charge on any atom is 0.0522 e. The molecule has 0 aliphatic heterocycles. The van der Waals surface area contributed by atoms with Crippen molar-refractivity contribution in [3.8, 4) is 0 Å². The Balaban J connectivity index is 1.84. The normalized spacial score (nSPS) is 19.5. The highest BCUT2D eigenvalue weighted by Gasteiger charge is 2.19. The van der Waals surface area contributed by atoms with Crippen molar-refractivity contribution >= 4 is 11.6 Å². The maximum absolute atomic E-state index is 6.08. The predicted molar refractivity (Wildman–Crippen MR) is 78.7 cm³/mol. The first-order chi connectivity index (χ1) is 9.33. The Hall–Kier alpha value is -1.28. The first-order valence-corrected chi connectivity index (χ1v) is 7.47. The molecule has 1 N–H and O–H groups in total. The molecule has 1 aromatic carbocycles. The standard InChI is InChI=1S/C16H19ClN2/c17-15-8-4-5-12(10-15)9-13-6-2-1-3-7-14-11-18-19-16(13)14/h4-5,8,10-11,13H,1-3,6-7,9H2,(H,18,19). The molecule has 2 nitrogen and oxygen atoms in total. The quantitative estimate of drug-likeness (QED) is 0.858. The number of aromatic amines is 1. The summed E-state index contributed by atoms with van der Waals surface area (Å²) >= 11 is 6.08. The van der Waals surface area contributed by atoms with E-state index in [1.54, 1.807) is 0 Å². The zero-order valence-corrected chi connectivity index (χ0v) is 11.8. The summed E-state index contributed by atoms with van der Waals surface area (Å²) in [5, 5.41) is 8.30. The number of aryl methyl sites for hydroxylation is 1. The molecule has 0 amide bonds. The third-order valence-corrected chi connectivity index (χ3v) is 4.26. The van der Waals surface area contributed by atoms with Crippen molar-refractivity contribution < 1.29 is 0 Å². The second-order valence-electron chi connectivity index (χ2n) is 5.44. The third kappa shape index (κ3) is 3.01. The van der Waals surface area contributed by atoms with Crippen LogP contribution in [0, 0.1) is 0 Å². The van der Waals surface area contributed by atoms with Crippen molar-refractivity contribution in [1.82, 2.24) is 10.2 Å². The van der Waals surface area contributed by atoms with Gasteiger partial charge in [0.15, 0.2) is 0 Å². The first-order valence-electron chi connectivity index (χ1n) is 7.09. The lowest BCUT2D eigenvalue weighted by molar-refractivity contribution is 0.522. The summed E-state index contributed by atoms with van der Waals surface area (Å²) < 4.78 is 0.